The monoisotopic (exact) mass is 474 g/mol. The van der Waals surface area contributed by atoms with Crippen LogP contribution in [0.25, 0.3) is 22.3 Å². The van der Waals surface area contributed by atoms with Gasteiger partial charge in [0.2, 0.25) is 0 Å². The topological polar surface area (TPSA) is 18.5 Å². The number of hydrogen-bond donors (Lipinski definition) is 0. The zero-order valence-corrected chi connectivity index (χ0v) is 21.6. The molecule has 2 nitrogen and oxygen atoms in total. The summed E-state index contributed by atoms with van der Waals surface area (Å²) in [6, 6.07) is 34.6. The molecule has 1 aliphatic carbocycles. The summed E-state index contributed by atoms with van der Waals surface area (Å²) in [6.07, 6.45) is 2.35. The van der Waals surface area contributed by atoms with Crippen molar-refractivity contribution in [3.05, 3.63) is 119 Å². The second-order valence-corrected chi connectivity index (χ2v) is 9.56. The molecule has 0 amide bonds. The molecule has 1 aliphatic rings. The van der Waals surface area contributed by atoms with Crippen LogP contribution in [0.5, 0.6) is 11.5 Å². The molecule has 0 fully saturated rings. The first-order valence-electron chi connectivity index (χ1n) is 13.1. The lowest BCUT2D eigenvalue weighted by atomic mass is 9.88. The molecule has 0 bridgehead atoms. The Hall–Kier alpha value is -3.78. The van der Waals surface area contributed by atoms with Crippen LogP contribution in [0.2, 0.25) is 0 Å². The zero-order chi connectivity index (χ0) is 25.1. The molecule has 0 aliphatic heterocycles. The molecule has 5 rings (SSSR count). The van der Waals surface area contributed by atoms with E-state index in [0.717, 1.165) is 24.3 Å². The van der Waals surface area contributed by atoms with Gasteiger partial charge in [-0.1, -0.05) is 86.6 Å². The van der Waals surface area contributed by atoms with E-state index in [4.69, 9.17) is 9.47 Å². The Kier molecular flexibility index (Phi) is 6.95. The van der Waals surface area contributed by atoms with Crippen molar-refractivity contribution < 1.29 is 9.47 Å². The summed E-state index contributed by atoms with van der Waals surface area (Å²) < 4.78 is 12.1. The van der Waals surface area contributed by atoms with Crippen molar-refractivity contribution in [1.29, 1.82) is 0 Å². The highest BCUT2D eigenvalue weighted by molar-refractivity contribution is 6.13. The third-order valence-electron chi connectivity index (χ3n) is 7.04. The molecule has 4 aromatic carbocycles. The minimum atomic E-state index is 0.195. The third kappa shape index (κ3) is 4.68. The largest absolute Gasteiger partial charge is 0.491 e. The molecular weight excluding hydrogens is 440 g/mol. The van der Waals surface area contributed by atoms with Gasteiger partial charge in [0.1, 0.15) is 11.5 Å². The molecule has 0 saturated heterocycles. The second kappa shape index (κ2) is 10.5. The van der Waals surface area contributed by atoms with Crippen molar-refractivity contribution in [3.8, 4) is 22.6 Å². The van der Waals surface area contributed by atoms with Crippen LogP contribution in [0.3, 0.4) is 0 Å². The Balaban J connectivity index is 1.68. The molecule has 0 heterocycles. The Bertz CT molecular complexity index is 1260. The number of ether oxygens (including phenoxy) is 2. The van der Waals surface area contributed by atoms with Crippen molar-refractivity contribution in [2.24, 2.45) is 0 Å². The minimum Gasteiger partial charge on any atom is -0.491 e. The predicted octanol–water partition coefficient (Wildman–Crippen LogP) is 9.03. The molecule has 4 aromatic rings. The van der Waals surface area contributed by atoms with Crippen LogP contribution in [0.4, 0.5) is 0 Å². The highest BCUT2D eigenvalue weighted by Gasteiger charge is 2.26. The molecule has 0 N–H and O–H groups in total. The Labute approximate surface area is 215 Å². The lowest BCUT2D eigenvalue weighted by Crippen LogP contribution is -2.09. The maximum atomic E-state index is 6.07. The van der Waals surface area contributed by atoms with Gasteiger partial charge in [0.05, 0.1) is 12.2 Å². The van der Waals surface area contributed by atoms with Gasteiger partial charge in [-0.2, -0.15) is 0 Å². The minimum absolute atomic E-state index is 0.195. The normalized spacial score (nSPS) is 13.5. The summed E-state index contributed by atoms with van der Waals surface area (Å²) in [5, 5.41) is 0. The van der Waals surface area contributed by atoms with Crippen molar-refractivity contribution in [3.63, 3.8) is 0 Å². The summed E-state index contributed by atoms with van der Waals surface area (Å²) in [4.78, 5) is 0. The Morgan fingerprint density at radius 3 is 1.25 bits per heavy atom. The summed E-state index contributed by atoms with van der Waals surface area (Å²) in [7, 11) is 0. The molecule has 2 heteroatoms. The van der Waals surface area contributed by atoms with Gasteiger partial charge >= 0.3 is 0 Å². The van der Waals surface area contributed by atoms with E-state index in [0.29, 0.717) is 0 Å². The van der Waals surface area contributed by atoms with Crippen LogP contribution in [0.15, 0.2) is 97.1 Å². The summed E-state index contributed by atoms with van der Waals surface area (Å²) in [5.74, 6) is 1.81. The fourth-order valence-electron chi connectivity index (χ4n) is 4.77. The number of hydrogen-bond acceptors (Lipinski definition) is 2. The molecule has 2 atom stereocenters. The molecule has 36 heavy (non-hydrogen) atoms. The van der Waals surface area contributed by atoms with E-state index in [9.17, 15) is 0 Å². The maximum absolute atomic E-state index is 6.07. The van der Waals surface area contributed by atoms with E-state index < -0.39 is 0 Å². The zero-order valence-electron chi connectivity index (χ0n) is 21.6. The van der Waals surface area contributed by atoms with Crippen LogP contribution in [0.1, 0.15) is 62.8 Å². The standard InChI is InChI=1S/C34H34O2/c1-5-23(3)35-27-19-15-25(16-20-27)33(26-17-21-28(22-18-26)36-24(4)6-2)34-31-13-9-7-11-29(31)30-12-8-10-14-32(30)34/h7-24H,5-6H2,1-4H3. The molecule has 0 spiro atoms. The van der Waals surface area contributed by atoms with Crippen LogP contribution in [0, 0.1) is 0 Å². The number of benzene rings is 4. The van der Waals surface area contributed by atoms with Crippen molar-refractivity contribution in [2.75, 3.05) is 0 Å². The van der Waals surface area contributed by atoms with Crippen molar-refractivity contribution in [2.45, 2.75) is 52.7 Å². The van der Waals surface area contributed by atoms with Crippen molar-refractivity contribution in [1.82, 2.24) is 0 Å². The Morgan fingerprint density at radius 2 is 0.889 bits per heavy atom. The molecular formula is C34H34O2. The molecule has 2 unspecified atom stereocenters. The molecule has 0 saturated carbocycles. The van der Waals surface area contributed by atoms with Crippen LogP contribution < -0.4 is 9.47 Å². The van der Waals surface area contributed by atoms with Crippen molar-refractivity contribution >= 4 is 11.1 Å². The third-order valence-corrected chi connectivity index (χ3v) is 7.04. The van der Waals surface area contributed by atoms with E-state index in [1.165, 1.54) is 44.5 Å². The predicted molar refractivity (Wildman–Crippen MR) is 151 cm³/mol. The summed E-state index contributed by atoms with van der Waals surface area (Å²) in [5.41, 5.74) is 9.95. The molecule has 182 valence electrons. The van der Waals surface area contributed by atoms with E-state index in [-0.39, 0.29) is 12.2 Å². The highest BCUT2D eigenvalue weighted by Crippen LogP contribution is 2.48. The van der Waals surface area contributed by atoms with Crippen LogP contribution >= 0.6 is 0 Å². The van der Waals surface area contributed by atoms with Gasteiger partial charge in [0.25, 0.3) is 0 Å². The molecule has 0 aromatic heterocycles. The summed E-state index contributed by atoms with van der Waals surface area (Å²) in [6.45, 7) is 8.50. The van der Waals surface area contributed by atoms with E-state index in [2.05, 4.69) is 125 Å². The van der Waals surface area contributed by atoms with Gasteiger partial charge < -0.3 is 9.47 Å². The fraction of sp³-hybridized carbons (Fsp3) is 0.235. The first-order valence-corrected chi connectivity index (χ1v) is 13.1. The van der Waals surface area contributed by atoms with Gasteiger partial charge in [0.15, 0.2) is 0 Å². The SMILES string of the molecule is CCC(C)Oc1ccc(C(=C2c3ccccc3-c3ccccc32)c2ccc(OC(C)CC)cc2)cc1. The quantitative estimate of drug-likeness (QED) is 0.223. The van der Waals surface area contributed by atoms with Gasteiger partial charge in [-0.05, 0) is 95.5 Å². The van der Waals surface area contributed by atoms with Gasteiger partial charge in [-0.15, -0.1) is 0 Å². The van der Waals surface area contributed by atoms with E-state index in [1.807, 2.05) is 0 Å². The van der Waals surface area contributed by atoms with Gasteiger partial charge in [-0.25, -0.2) is 0 Å². The lowest BCUT2D eigenvalue weighted by molar-refractivity contribution is 0.217. The maximum Gasteiger partial charge on any atom is 0.119 e. The first-order chi connectivity index (χ1) is 17.6. The van der Waals surface area contributed by atoms with Gasteiger partial charge in [-0.3, -0.25) is 0 Å². The number of fused-ring (bicyclic) bond motifs is 3. The number of rotatable bonds is 8. The lowest BCUT2D eigenvalue weighted by Gasteiger charge is -2.18. The molecule has 0 radical (unpaired) electrons. The van der Waals surface area contributed by atoms with E-state index in [1.54, 1.807) is 0 Å². The Morgan fingerprint density at radius 1 is 0.528 bits per heavy atom. The van der Waals surface area contributed by atoms with Gasteiger partial charge in [0, 0.05) is 0 Å². The van der Waals surface area contributed by atoms with Crippen LogP contribution in [-0.4, -0.2) is 12.2 Å². The fourth-order valence-corrected chi connectivity index (χ4v) is 4.77. The average Bonchev–Trinajstić information content (AvgIpc) is 3.25. The smallest absolute Gasteiger partial charge is 0.119 e. The van der Waals surface area contributed by atoms with Crippen LogP contribution in [-0.2, 0) is 0 Å². The summed E-state index contributed by atoms with van der Waals surface area (Å²) >= 11 is 0. The second-order valence-electron chi connectivity index (χ2n) is 9.56. The van der Waals surface area contributed by atoms with E-state index >= 15 is 0 Å². The first kappa shape index (κ1) is 23.9. The highest BCUT2D eigenvalue weighted by atomic mass is 16.5. The average molecular weight is 475 g/mol.